The molecule has 0 saturated carbocycles. The maximum atomic E-state index is 12.5. The second kappa shape index (κ2) is 10.1. The number of anilines is 2. The van der Waals surface area contributed by atoms with Crippen LogP contribution in [0, 0.1) is 6.92 Å². The Hall–Kier alpha value is -4.00. The highest BCUT2D eigenvalue weighted by Gasteiger charge is 2.25. The molecule has 0 bridgehead atoms. The third-order valence-corrected chi connectivity index (χ3v) is 5.33. The molecular weight excluding hydrogens is 420 g/mol. The molecule has 0 fully saturated rings. The van der Waals surface area contributed by atoms with Crippen LogP contribution >= 0.6 is 0 Å². The summed E-state index contributed by atoms with van der Waals surface area (Å²) in [5.74, 6) is 1.71. The molecule has 0 unspecified atom stereocenters. The van der Waals surface area contributed by atoms with E-state index >= 15 is 0 Å². The molecule has 0 saturated heterocycles. The Morgan fingerprint density at radius 1 is 1.03 bits per heavy atom. The van der Waals surface area contributed by atoms with Crippen molar-refractivity contribution in [3.05, 3.63) is 77.9 Å². The van der Waals surface area contributed by atoms with E-state index in [-0.39, 0.29) is 18.4 Å². The maximum Gasteiger partial charge on any atom is 0.265 e. The van der Waals surface area contributed by atoms with E-state index in [2.05, 4.69) is 5.32 Å². The summed E-state index contributed by atoms with van der Waals surface area (Å²) in [7, 11) is 1.58. The van der Waals surface area contributed by atoms with Crippen LogP contribution in [0.2, 0.25) is 0 Å². The Balaban J connectivity index is 1.37. The first-order valence-electron chi connectivity index (χ1n) is 10.8. The molecule has 0 atom stereocenters. The van der Waals surface area contributed by atoms with Crippen molar-refractivity contribution < 1.29 is 23.8 Å². The topological polar surface area (TPSA) is 77.1 Å². The quantitative estimate of drug-likeness (QED) is 0.518. The van der Waals surface area contributed by atoms with Gasteiger partial charge in [0.1, 0.15) is 17.2 Å². The summed E-state index contributed by atoms with van der Waals surface area (Å²) < 4.78 is 16.5. The minimum Gasteiger partial charge on any atom is -0.497 e. The van der Waals surface area contributed by atoms with E-state index < -0.39 is 0 Å². The molecule has 0 aliphatic carbocycles. The molecule has 3 aromatic carbocycles. The third kappa shape index (κ3) is 5.44. The average molecular weight is 447 g/mol. The van der Waals surface area contributed by atoms with Gasteiger partial charge in [-0.2, -0.15) is 0 Å². The highest BCUT2D eigenvalue weighted by molar-refractivity contribution is 6.05. The lowest BCUT2D eigenvalue weighted by molar-refractivity contribution is -0.121. The summed E-state index contributed by atoms with van der Waals surface area (Å²) in [5, 5.41) is 2.86. The molecule has 33 heavy (non-hydrogen) atoms. The van der Waals surface area contributed by atoms with Crippen molar-refractivity contribution in [2.24, 2.45) is 0 Å². The number of hydrogen-bond donors (Lipinski definition) is 1. The number of fused-ring (bicyclic) bond motifs is 1. The molecule has 1 aliphatic heterocycles. The fraction of sp³-hybridized carbons (Fsp3) is 0.231. The zero-order chi connectivity index (χ0) is 23.2. The van der Waals surface area contributed by atoms with E-state index in [9.17, 15) is 9.59 Å². The molecule has 1 aliphatic rings. The van der Waals surface area contributed by atoms with Crippen LogP contribution in [0.4, 0.5) is 11.4 Å². The third-order valence-electron chi connectivity index (χ3n) is 5.33. The Kier molecular flexibility index (Phi) is 6.78. The summed E-state index contributed by atoms with van der Waals surface area (Å²) in [6.45, 7) is 3.00. The number of hydrogen-bond acceptors (Lipinski definition) is 5. The Bertz CT molecular complexity index is 1130. The smallest absolute Gasteiger partial charge is 0.265 e. The van der Waals surface area contributed by atoms with Crippen molar-refractivity contribution in [3.63, 3.8) is 0 Å². The van der Waals surface area contributed by atoms with E-state index in [1.54, 1.807) is 54.5 Å². The van der Waals surface area contributed by atoms with Crippen molar-refractivity contribution >= 4 is 23.2 Å². The van der Waals surface area contributed by atoms with Gasteiger partial charge in [0, 0.05) is 23.9 Å². The molecule has 7 nitrogen and oxygen atoms in total. The van der Waals surface area contributed by atoms with Crippen LogP contribution in [-0.2, 0) is 4.79 Å². The standard InChI is InChI=1S/C26H26N2O5/c1-18-4-9-22(10-5-18)32-15-3-14-28-23-13-8-20(16-24(23)33-17-25(28)29)27-26(30)19-6-11-21(31-2)12-7-19/h4-13,16H,3,14-15,17H2,1-2H3,(H,27,30). The van der Waals surface area contributed by atoms with Crippen LogP contribution in [0.15, 0.2) is 66.7 Å². The van der Waals surface area contributed by atoms with Crippen molar-refractivity contribution in [2.45, 2.75) is 13.3 Å². The lowest BCUT2D eigenvalue weighted by Gasteiger charge is -2.29. The summed E-state index contributed by atoms with van der Waals surface area (Å²) in [5.41, 5.74) is 2.97. The molecule has 2 amide bonds. The van der Waals surface area contributed by atoms with Crippen LogP contribution in [0.5, 0.6) is 17.2 Å². The number of carbonyl (C=O) groups excluding carboxylic acids is 2. The largest absolute Gasteiger partial charge is 0.497 e. The number of nitrogens with one attached hydrogen (secondary N) is 1. The molecule has 0 aromatic heterocycles. The minimum atomic E-state index is -0.241. The fourth-order valence-corrected chi connectivity index (χ4v) is 3.52. The molecule has 4 rings (SSSR count). The van der Waals surface area contributed by atoms with Crippen molar-refractivity contribution in [1.82, 2.24) is 0 Å². The summed E-state index contributed by atoms with van der Waals surface area (Å²) in [6.07, 6.45) is 0.676. The number of aryl methyl sites for hydroxylation is 1. The van der Waals surface area contributed by atoms with Crippen LogP contribution in [0.3, 0.4) is 0 Å². The van der Waals surface area contributed by atoms with Gasteiger partial charge in [-0.1, -0.05) is 17.7 Å². The molecule has 0 spiro atoms. The second-order valence-electron chi connectivity index (χ2n) is 7.71. The number of nitrogens with zero attached hydrogens (tertiary/aromatic N) is 1. The van der Waals surface area contributed by atoms with E-state index in [1.165, 1.54) is 5.56 Å². The number of ether oxygens (including phenoxy) is 3. The number of rotatable bonds is 8. The lowest BCUT2D eigenvalue weighted by atomic mass is 10.1. The van der Waals surface area contributed by atoms with Crippen molar-refractivity contribution in [1.29, 1.82) is 0 Å². The van der Waals surface area contributed by atoms with Gasteiger partial charge in [0.05, 0.1) is 19.4 Å². The predicted octanol–water partition coefficient (Wildman–Crippen LogP) is 4.45. The van der Waals surface area contributed by atoms with E-state index in [0.29, 0.717) is 48.0 Å². The first-order valence-corrected chi connectivity index (χ1v) is 10.8. The number of carbonyl (C=O) groups is 2. The number of benzene rings is 3. The summed E-state index contributed by atoms with van der Waals surface area (Å²) in [6, 6.07) is 20.0. The van der Waals surface area contributed by atoms with Crippen LogP contribution in [-0.4, -0.2) is 38.7 Å². The maximum absolute atomic E-state index is 12.5. The first-order chi connectivity index (χ1) is 16.0. The van der Waals surface area contributed by atoms with Gasteiger partial charge < -0.3 is 24.4 Å². The first kappa shape index (κ1) is 22.2. The monoisotopic (exact) mass is 446 g/mol. The zero-order valence-corrected chi connectivity index (χ0v) is 18.7. The van der Waals surface area contributed by atoms with E-state index in [4.69, 9.17) is 14.2 Å². The second-order valence-corrected chi connectivity index (χ2v) is 7.71. The van der Waals surface area contributed by atoms with Gasteiger partial charge in [-0.3, -0.25) is 9.59 Å². The van der Waals surface area contributed by atoms with Crippen molar-refractivity contribution in [2.75, 3.05) is 37.1 Å². The number of methoxy groups -OCH3 is 1. The van der Waals surface area contributed by atoms with Gasteiger partial charge in [-0.05, 0) is 61.9 Å². The molecule has 0 radical (unpaired) electrons. The Morgan fingerprint density at radius 3 is 2.48 bits per heavy atom. The van der Waals surface area contributed by atoms with Gasteiger partial charge in [0.2, 0.25) is 0 Å². The Morgan fingerprint density at radius 2 is 1.76 bits per heavy atom. The Labute approximate surface area is 192 Å². The van der Waals surface area contributed by atoms with E-state index in [0.717, 1.165) is 5.75 Å². The predicted molar refractivity (Wildman–Crippen MR) is 127 cm³/mol. The minimum absolute atomic E-state index is 0.0400. The van der Waals surface area contributed by atoms with Crippen molar-refractivity contribution in [3.8, 4) is 17.2 Å². The highest BCUT2D eigenvalue weighted by Crippen LogP contribution is 2.34. The fourth-order valence-electron chi connectivity index (χ4n) is 3.52. The average Bonchev–Trinajstić information content (AvgIpc) is 2.84. The van der Waals surface area contributed by atoms with Crippen LogP contribution in [0.1, 0.15) is 22.3 Å². The van der Waals surface area contributed by atoms with Gasteiger partial charge in [0.15, 0.2) is 6.61 Å². The van der Waals surface area contributed by atoms with Gasteiger partial charge in [-0.25, -0.2) is 0 Å². The van der Waals surface area contributed by atoms with Gasteiger partial charge in [-0.15, -0.1) is 0 Å². The lowest BCUT2D eigenvalue weighted by Crippen LogP contribution is -2.39. The zero-order valence-electron chi connectivity index (χ0n) is 18.7. The molecule has 1 N–H and O–H groups in total. The molecular formula is C26H26N2O5. The normalized spacial score (nSPS) is 12.5. The summed E-state index contributed by atoms with van der Waals surface area (Å²) in [4.78, 5) is 26.7. The highest BCUT2D eigenvalue weighted by atomic mass is 16.5. The molecule has 3 aromatic rings. The van der Waals surface area contributed by atoms with E-state index in [1.807, 2.05) is 31.2 Å². The number of amides is 2. The molecule has 170 valence electrons. The molecule has 1 heterocycles. The van der Waals surface area contributed by atoms with Crippen LogP contribution in [0.25, 0.3) is 0 Å². The van der Waals surface area contributed by atoms with Crippen LogP contribution < -0.4 is 24.4 Å². The summed E-state index contributed by atoms with van der Waals surface area (Å²) >= 11 is 0. The SMILES string of the molecule is COc1ccc(C(=O)Nc2ccc3c(c2)OCC(=O)N3CCCOc2ccc(C)cc2)cc1. The van der Waals surface area contributed by atoms with Gasteiger partial charge >= 0.3 is 0 Å². The molecule has 7 heteroatoms. The van der Waals surface area contributed by atoms with Gasteiger partial charge in [0.25, 0.3) is 11.8 Å².